The van der Waals surface area contributed by atoms with Gasteiger partial charge in [-0.1, -0.05) is 6.07 Å². The summed E-state index contributed by atoms with van der Waals surface area (Å²) in [6.07, 6.45) is 0.805. The predicted octanol–water partition coefficient (Wildman–Crippen LogP) is 3.10. The molecule has 0 saturated carbocycles. The van der Waals surface area contributed by atoms with E-state index in [1.165, 1.54) is 0 Å². The van der Waals surface area contributed by atoms with Gasteiger partial charge in [-0.25, -0.2) is 0 Å². The highest BCUT2D eigenvalue weighted by Crippen LogP contribution is 2.23. The summed E-state index contributed by atoms with van der Waals surface area (Å²) in [7, 11) is 0. The molecule has 1 aliphatic rings. The first kappa shape index (κ1) is 16.2. The molecule has 2 aromatic carbocycles. The predicted molar refractivity (Wildman–Crippen MR) is 99.9 cm³/mol. The lowest BCUT2D eigenvalue weighted by Gasteiger charge is -2.17. The van der Waals surface area contributed by atoms with Crippen molar-refractivity contribution in [1.82, 2.24) is 10.3 Å². The molecule has 0 atom stereocenters. The number of carbonyl (C=O) groups excluding carboxylic acids is 2. The van der Waals surface area contributed by atoms with Crippen LogP contribution in [-0.2, 0) is 6.42 Å². The molecule has 0 radical (unpaired) electrons. The SMILES string of the molecule is CCOc1ccc2cc(C(=O)Nc3ccc4c(c3)C(=O)NCC4)[nH]c2c1. The summed E-state index contributed by atoms with van der Waals surface area (Å²) in [5, 5.41) is 6.60. The van der Waals surface area contributed by atoms with E-state index < -0.39 is 0 Å². The number of benzene rings is 2. The number of amides is 2. The molecule has 0 fully saturated rings. The minimum absolute atomic E-state index is 0.101. The van der Waals surface area contributed by atoms with Gasteiger partial charge in [-0.15, -0.1) is 0 Å². The maximum Gasteiger partial charge on any atom is 0.272 e. The maximum absolute atomic E-state index is 12.6. The van der Waals surface area contributed by atoms with Crippen LogP contribution in [0.3, 0.4) is 0 Å². The quantitative estimate of drug-likeness (QED) is 0.677. The van der Waals surface area contributed by atoms with Gasteiger partial charge in [0.2, 0.25) is 0 Å². The van der Waals surface area contributed by atoms with E-state index in [1.807, 2.05) is 37.3 Å². The van der Waals surface area contributed by atoms with E-state index in [9.17, 15) is 9.59 Å². The van der Waals surface area contributed by atoms with E-state index >= 15 is 0 Å². The van der Waals surface area contributed by atoms with Crippen LogP contribution in [0.4, 0.5) is 5.69 Å². The van der Waals surface area contributed by atoms with Crippen molar-refractivity contribution in [3.63, 3.8) is 0 Å². The number of aromatic nitrogens is 1. The Hall–Kier alpha value is -3.28. The normalized spacial score (nSPS) is 13.2. The van der Waals surface area contributed by atoms with Crippen LogP contribution in [0.1, 0.15) is 33.3 Å². The van der Waals surface area contributed by atoms with Gasteiger partial charge in [0.15, 0.2) is 0 Å². The van der Waals surface area contributed by atoms with E-state index in [-0.39, 0.29) is 11.8 Å². The maximum atomic E-state index is 12.6. The largest absolute Gasteiger partial charge is 0.494 e. The number of ether oxygens (including phenoxy) is 1. The first-order valence-corrected chi connectivity index (χ1v) is 8.62. The number of hydrogen-bond acceptors (Lipinski definition) is 3. The summed E-state index contributed by atoms with van der Waals surface area (Å²) >= 11 is 0. The van der Waals surface area contributed by atoms with E-state index in [1.54, 1.807) is 12.1 Å². The van der Waals surface area contributed by atoms with Crippen molar-refractivity contribution < 1.29 is 14.3 Å². The molecule has 3 N–H and O–H groups in total. The molecular weight excluding hydrogens is 330 g/mol. The van der Waals surface area contributed by atoms with Crippen molar-refractivity contribution in [2.75, 3.05) is 18.5 Å². The minimum Gasteiger partial charge on any atom is -0.494 e. The molecule has 0 spiro atoms. The highest BCUT2D eigenvalue weighted by Gasteiger charge is 2.18. The van der Waals surface area contributed by atoms with Gasteiger partial charge in [-0.3, -0.25) is 9.59 Å². The highest BCUT2D eigenvalue weighted by atomic mass is 16.5. The van der Waals surface area contributed by atoms with Gasteiger partial charge in [0.1, 0.15) is 11.4 Å². The van der Waals surface area contributed by atoms with E-state index in [2.05, 4.69) is 15.6 Å². The summed E-state index contributed by atoms with van der Waals surface area (Å²) in [5.74, 6) is 0.404. The Bertz CT molecular complexity index is 1010. The molecule has 0 unspecified atom stereocenters. The molecular formula is C20H19N3O3. The zero-order chi connectivity index (χ0) is 18.1. The molecule has 132 valence electrons. The highest BCUT2D eigenvalue weighted by molar-refractivity contribution is 6.07. The third-order valence-electron chi connectivity index (χ3n) is 4.44. The molecule has 3 aromatic rings. The molecule has 6 nitrogen and oxygen atoms in total. The zero-order valence-electron chi connectivity index (χ0n) is 14.4. The second-order valence-corrected chi connectivity index (χ2v) is 6.20. The fraction of sp³-hybridized carbons (Fsp3) is 0.200. The number of anilines is 1. The topological polar surface area (TPSA) is 83.2 Å². The van der Waals surface area contributed by atoms with E-state index in [4.69, 9.17) is 4.74 Å². The Morgan fingerprint density at radius 1 is 1.19 bits per heavy atom. The van der Waals surface area contributed by atoms with Crippen LogP contribution in [0.5, 0.6) is 5.75 Å². The van der Waals surface area contributed by atoms with Crippen molar-refractivity contribution >= 4 is 28.4 Å². The lowest BCUT2D eigenvalue weighted by atomic mass is 10.00. The number of fused-ring (bicyclic) bond motifs is 2. The third kappa shape index (κ3) is 3.01. The van der Waals surface area contributed by atoms with Crippen molar-refractivity contribution in [1.29, 1.82) is 0 Å². The van der Waals surface area contributed by atoms with Crippen molar-refractivity contribution in [3.8, 4) is 5.75 Å². The van der Waals surface area contributed by atoms with Crippen LogP contribution < -0.4 is 15.4 Å². The Morgan fingerprint density at radius 3 is 2.92 bits per heavy atom. The number of nitrogens with one attached hydrogen (secondary N) is 3. The van der Waals surface area contributed by atoms with Crippen LogP contribution in [0.25, 0.3) is 10.9 Å². The first-order valence-electron chi connectivity index (χ1n) is 8.62. The summed E-state index contributed by atoms with van der Waals surface area (Å²) in [6, 6.07) is 12.9. The van der Waals surface area contributed by atoms with Crippen LogP contribution >= 0.6 is 0 Å². The molecule has 0 aliphatic carbocycles. The van der Waals surface area contributed by atoms with Crippen molar-refractivity contribution in [2.24, 2.45) is 0 Å². The molecule has 4 rings (SSSR count). The molecule has 26 heavy (non-hydrogen) atoms. The minimum atomic E-state index is -0.254. The molecule has 0 saturated heterocycles. The number of hydrogen-bond donors (Lipinski definition) is 3. The molecule has 1 aliphatic heterocycles. The number of aromatic amines is 1. The average molecular weight is 349 g/mol. The lowest BCUT2D eigenvalue weighted by molar-refractivity contribution is 0.0944. The number of rotatable bonds is 4. The van der Waals surface area contributed by atoms with Crippen molar-refractivity contribution in [2.45, 2.75) is 13.3 Å². The van der Waals surface area contributed by atoms with Crippen molar-refractivity contribution in [3.05, 3.63) is 59.3 Å². The fourth-order valence-electron chi connectivity index (χ4n) is 3.17. The summed E-state index contributed by atoms with van der Waals surface area (Å²) < 4.78 is 5.48. The lowest BCUT2D eigenvalue weighted by Crippen LogP contribution is -2.31. The van der Waals surface area contributed by atoms with Crippen LogP contribution in [0.2, 0.25) is 0 Å². The summed E-state index contributed by atoms with van der Waals surface area (Å²) in [5.41, 5.74) is 3.51. The molecule has 6 heteroatoms. The smallest absolute Gasteiger partial charge is 0.272 e. The Labute approximate surface area is 150 Å². The van der Waals surface area contributed by atoms with Gasteiger partial charge in [-0.05, 0) is 49.2 Å². The van der Waals surface area contributed by atoms with E-state index in [0.29, 0.717) is 30.1 Å². The van der Waals surface area contributed by atoms with Crippen LogP contribution in [0.15, 0.2) is 42.5 Å². The number of carbonyl (C=O) groups is 2. The van der Waals surface area contributed by atoms with Crippen LogP contribution in [0, 0.1) is 0 Å². The Morgan fingerprint density at radius 2 is 2.08 bits per heavy atom. The first-order chi connectivity index (χ1) is 12.6. The summed E-state index contributed by atoms with van der Waals surface area (Å²) in [4.78, 5) is 27.6. The van der Waals surface area contributed by atoms with Gasteiger partial charge in [-0.2, -0.15) is 0 Å². The van der Waals surface area contributed by atoms with Gasteiger partial charge >= 0.3 is 0 Å². The Balaban J connectivity index is 1.57. The zero-order valence-corrected chi connectivity index (χ0v) is 14.4. The van der Waals surface area contributed by atoms with Gasteiger partial charge < -0.3 is 20.4 Å². The van der Waals surface area contributed by atoms with Gasteiger partial charge in [0.25, 0.3) is 11.8 Å². The molecule has 0 bridgehead atoms. The van der Waals surface area contributed by atoms with Crippen LogP contribution in [-0.4, -0.2) is 29.9 Å². The monoisotopic (exact) mass is 349 g/mol. The van der Waals surface area contributed by atoms with E-state index in [0.717, 1.165) is 28.6 Å². The molecule has 2 amide bonds. The molecule has 1 aromatic heterocycles. The van der Waals surface area contributed by atoms with Gasteiger partial charge in [0, 0.05) is 34.8 Å². The molecule has 2 heterocycles. The van der Waals surface area contributed by atoms with Gasteiger partial charge in [0.05, 0.1) is 6.61 Å². The third-order valence-corrected chi connectivity index (χ3v) is 4.44. The second-order valence-electron chi connectivity index (χ2n) is 6.20. The Kier molecular flexibility index (Phi) is 4.08. The standard InChI is InChI=1S/C20H19N3O3/c1-2-26-15-6-4-13-9-18(23-17(13)11-15)20(25)22-14-5-3-12-7-8-21-19(24)16(12)10-14/h3-6,9-11,23H,2,7-8H2,1H3,(H,21,24)(H,22,25). The fourth-order valence-corrected chi connectivity index (χ4v) is 3.17. The average Bonchev–Trinajstić information content (AvgIpc) is 3.06. The summed E-state index contributed by atoms with van der Waals surface area (Å²) in [6.45, 7) is 3.17. The number of H-pyrrole nitrogens is 1. The second kappa shape index (κ2) is 6.55.